The second kappa shape index (κ2) is 5.73. The Balaban J connectivity index is 2.47. The highest BCUT2D eigenvalue weighted by Crippen LogP contribution is 2.22. The third kappa shape index (κ3) is 3.26. The number of hydrogen-bond donors (Lipinski definition) is 1. The second-order valence-corrected chi connectivity index (χ2v) is 5.15. The van der Waals surface area contributed by atoms with Gasteiger partial charge in [0.05, 0.1) is 0 Å². The predicted molar refractivity (Wildman–Crippen MR) is 64.2 cm³/mol. The van der Waals surface area contributed by atoms with E-state index in [2.05, 4.69) is 21.2 Å². The van der Waals surface area contributed by atoms with Crippen molar-refractivity contribution in [1.82, 2.24) is 5.32 Å². The van der Waals surface area contributed by atoms with Crippen LogP contribution in [0.2, 0.25) is 0 Å². The number of thiophene rings is 1. The Kier molecular flexibility index (Phi) is 4.92. The fourth-order valence-electron chi connectivity index (χ4n) is 0.858. The van der Waals surface area contributed by atoms with E-state index in [0.717, 1.165) is 4.47 Å². The van der Waals surface area contributed by atoms with E-state index in [1.54, 1.807) is 0 Å². The summed E-state index contributed by atoms with van der Waals surface area (Å²) in [5.74, 6) is 0.828. The van der Waals surface area contributed by atoms with Crippen LogP contribution in [0.25, 0.3) is 0 Å². The van der Waals surface area contributed by atoms with E-state index in [4.69, 9.17) is 11.6 Å². The molecular formula is C9H11BrClNOS. The molecule has 0 aliphatic carbocycles. The Labute approximate surface area is 101 Å². The largest absolute Gasteiger partial charge is 0.351 e. The molecular weight excluding hydrogens is 286 g/mol. The van der Waals surface area contributed by atoms with Gasteiger partial charge in [-0.1, -0.05) is 6.92 Å². The summed E-state index contributed by atoms with van der Waals surface area (Å²) in [6.07, 6.45) is 0. The van der Waals surface area contributed by atoms with Crippen molar-refractivity contribution >= 4 is 44.8 Å². The molecule has 78 valence electrons. The zero-order valence-electron chi connectivity index (χ0n) is 7.72. The molecule has 0 radical (unpaired) electrons. The van der Waals surface area contributed by atoms with E-state index in [0.29, 0.717) is 23.2 Å². The SMILES string of the molecule is CC(CCl)CNC(=O)c1sccc1Br. The van der Waals surface area contributed by atoms with Gasteiger partial charge < -0.3 is 5.32 Å². The lowest BCUT2D eigenvalue weighted by Gasteiger charge is -2.08. The highest BCUT2D eigenvalue weighted by Gasteiger charge is 2.11. The maximum atomic E-state index is 11.6. The van der Waals surface area contributed by atoms with Crippen LogP contribution in [0.3, 0.4) is 0 Å². The van der Waals surface area contributed by atoms with Gasteiger partial charge in [0.2, 0.25) is 0 Å². The van der Waals surface area contributed by atoms with Crippen molar-refractivity contribution in [1.29, 1.82) is 0 Å². The van der Waals surface area contributed by atoms with Crippen molar-refractivity contribution in [2.24, 2.45) is 5.92 Å². The Morgan fingerprint density at radius 3 is 3.00 bits per heavy atom. The number of alkyl halides is 1. The third-order valence-electron chi connectivity index (χ3n) is 1.70. The maximum Gasteiger partial charge on any atom is 0.262 e. The van der Waals surface area contributed by atoms with Gasteiger partial charge in [-0.05, 0) is 33.3 Å². The van der Waals surface area contributed by atoms with Crippen LogP contribution in [-0.4, -0.2) is 18.3 Å². The molecule has 1 aromatic heterocycles. The van der Waals surface area contributed by atoms with Crippen LogP contribution in [0.1, 0.15) is 16.6 Å². The number of halogens is 2. The minimum absolute atomic E-state index is 0.0381. The van der Waals surface area contributed by atoms with Crippen LogP contribution in [0.5, 0.6) is 0 Å². The van der Waals surface area contributed by atoms with Crippen molar-refractivity contribution in [3.8, 4) is 0 Å². The van der Waals surface area contributed by atoms with Crippen LogP contribution in [-0.2, 0) is 0 Å². The van der Waals surface area contributed by atoms with Gasteiger partial charge in [0.25, 0.3) is 5.91 Å². The lowest BCUT2D eigenvalue weighted by Crippen LogP contribution is -2.28. The zero-order chi connectivity index (χ0) is 10.6. The summed E-state index contributed by atoms with van der Waals surface area (Å²) in [6.45, 7) is 2.61. The fourth-order valence-corrected chi connectivity index (χ4v) is 2.43. The van der Waals surface area contributed by atoms with E-state index in [9.17, 15) is 4.79 Å². The molecule has 0 saturated heterocycles. The van der Waals surface area contributed by atoms with Crippen LogP contribution in [0.15, 0.2) is 15.9 Å². The monoisotopic (exact) mass is 295 g/mol. The van der Waals surface area contributed by atoms with Gasteiger partial charge in [-0.25, -0.2) is 0 Å². The molecule has 2 nitrogen and oxygen atoms in total. The summed E-state index contributed by atoms with van der Waals surface area (Å²) in [5.41, 5.74) is 0. The van der Waals surface area contributed by atoms with E-state index < -0.39 is 0 Å². The predicted octanol–water partition coefficient (Wildman–Crippen LogP) is 3.12. The second-order valence-electron chi connectivity index (χ2n) is 3.07. The number of nitrogens with one attached hydrogen (secondary N) is 1. The Hall–Kier alpha value is -0.0600. The van der Waals surface area contributed by atoms with Crippen LogP contribution in [0, 0.1) is 5.92 Å². The summed E-state index contributed by atoms with van der Waals surface area (Å²) >= 11 is 10.4. The van der Waals surface area contributed by atoms with E-state index >= 15 is 0 Å². The lowest BCUT2D eigenvalue weighted by molar-refractivity contribution is 0.0952. The Morgan fingerprint density at radius 1 is 1.79 bits per heavy atom. The topological polar surface area (TPSA) is 29.1 Å². The smallest absolute Gasteiger partial charge is 0.262 e. The quantitative estimate of drug-likeness (QED) is 0.850. The van der Waals surface area contributed by atoms with E-state index in [1.807, 2.05) is 18.4 Å². The average Bonchev–Trinajstić information content (AvgIpc) is 2.60. The molecule has 1 amide bonds. The Bertz CT molecular complexity index is 316. The number of rotatable bonds is 4. The van der Waals surface area contributed by atoms with Gasteiger partial charge in [-0.3, -0.25) is 4.79 Å². The first-order valence-electron chi connectivity index (χ1n) is 4.22. The highest BCUT2D eigenvalue weighted by atomic mass is 79.9. The van der Waals surface area contributed by atoms with Gasteiger partial charge in [-0.15, -0.1) is 22.9 Å². The number of carbonyl (C=O) groups excluding carboxylic acids is 1. The average molecular weight is 297 g/mol. The van der Waals surface area contributed by atoms with Gasteiger partial charge in [0.1, 0.15) is 4.88 Å². The molecule has 0 spiro atoms. The maximum absolute atomic E-state index is 11.6. The summed E-state index contributed by atoms with van der Waals surface area (Å²) < 4.78 is 0.846. The first-order chi connectivity index (χ1) is 6.65. The van der Waals surface area contributed by atoms with E-state index in [-0.39, 0.29) is 5.91 Å². The first kappa shape index (κ1) is 12.0. The van der Waals surface area contributed by atoms with Gasteiger partial charge in [-0.2, -0.15) is 0 Å². The van der Waals surface area contributed by atoms with Crippen molar-refractivity contribution in [3.63, 3.8) is 0 Å². The standard InChI is InChI=1S/C9H11BrClNOS/c1-6(4-11)5-12-9(13)8-7(10)2-3-14-8/h2-3,6H,4-5H2,1H3,(H,12,13). The van der Waals surface area contributed by atoms with Gasteiger partial charge >= 0.3 is 0 Å². The molecule has 1 aromatic rings. The third-order valence-corrected chi connectivity index (χ3v) is 4.06. The van der Waals surface area contributed by atoms with Crippen molar-refractivity contribution < 1.29 is 4.79 Å². The van der Waals surface area contributed by atoms with Crippen LogP contribution in [0.4, 0.5) is 0 Å². The van der Waals surface area contributed by atoms with Crippen LogP contribution >= 0.6 is 38.9 Å². The first-order valence-corrected chi connectivity index (χ1v) is 6.43. The molecule has 14 heavy (non-hydrogen) atoms. The molecule has 5 heteroatoms. The number of hydrogen-bond acceptors (Lipinski definition) is 2. The summed E-state index contributed by atoms with van der Waals surface area (Å²) in [7, 11) is 0. The molecule has 0 fully saturated rings. The van der Waals surface area contributed by atoms with Crippen molar-refractivity contribution in [2.75, 3.05) is 12.4 Å². The minimum atomic E-state index is -0.0381. The lowest BCUT2D eigenvalue weighted by atomic mass is 10.2. The van der Waals surface area contributed by atoms with Crippen LogP contribution < -0.4 is 5.32 Å². The van der Waals surface area contributed by atoms with Crippen molar-refractivity contribution in [2.45, 2.75) is 6.92 Å². The molecule has 0 aromatic carbocycles. The Morgan fingerprint density at radius 2 is 2.50 bits per heavy atom. The molecule has 0 saturated carbocycles. The number of carbonyl (C=O) groups is 1. The summed E-state index contributed by atoms with van der Waals surface area (Å²) in [4.78, 5) is 12.3. The highest BCUT2D eigenvalue weighted by molar-refractivity contribution is 9.10. The van der Waals surface area contributed by atoms with Gasteiger partial charge in [0.15, 0.2) is 0 Å². The minimum Gasteiger partial charge on any atom is -0.351 e. The molecule has 1 N–H and O–H groups in total. The molecule has 1 atom stereocenters. The van der Waals surface area contributed by atoms with E-state index in [1.165, 1.54) is 11.3 Å². The molecule has 1 rings (SSSR count). The normalized spacial score (nSPS) is 12.5. The summed E-state index contributed by atoms with van der Waals surface area (Å²) in [6, 6.07) is 1.87. The van der Waals surface area contributed by atoms with Gasteiger partial charge in [0, 0.05) is 16.9 Å². The fraction of sp³-hybridized carbons (Fsp3) is 0.444. The summed E-state index contributed by atoms with van der Waals surface area (Å²) in [5, 5.41) is 4.71. The molecule has 0 aliphatic heterocycles. The molecule has 1 unspecified atom stereocenters. The zero-order valence-corrected chi connectivity index (χ0v) is 10.9. The molecule has 0 aliphatic rings. The molecule has 1 heterocycles. The van der Waals surface area contributed by atoms with Crippen molar-refractivity contribution in [3.05, 3.63) is 20.8 Å². The molecule has 0 bridgehead atoms. The number of amides is 1.